The highest BCUT2D eigenvalue weighted by Crippen LogP contribution is 2.34. The van der Waals surface area contributed by atoms with Crippen LogP contribution in [0.3, 0.4) is 0 Å². The summed E-state index contributed by atoms with van der Waals surface area (Å²) in [6, 6.07) is 5.42. The molecule has 1 N–H and O–H groups in total. The standard InChI is InChI=1S/C18H21NO4/c20-18(11-14-5-1-2-6-14)19-9-3-4-10-21-15-7-8-16-17(12-15)23-13-22-16/h7-8,12,14H,1-2,5-6,9-11,13H2,(H,19,20). The zero-order valence-electron chi connectivity index (χ0n) is 13.1. The number of hydrogen-bond donors (Lipinski definition) is 1. The van der Waals surface area contributed by atoms with Crippen LogP contribution in [0.2, 0.25) is 0 Å². The molecule has 0 atom stereocenters. The van der Waals surface area contributed by atoms with Crippen molar-refractivity contribution < 1.29 is 19.0 Å². The van der Waals surface area contributed by atoms with E-state index in [0.717, 1.165) is 5.75 Å². The van der Waals surface area contributed by atoms with Crippen molar-refractivity contribution in [3.05, 3.63) is 18.2 Å². The molecule has 122 valence electrons. The second-order valence-electron chi connectivity index (χ2n) is 5.79. The molecule has 0 saturated heterocycles. The Labute approximate surface area is 136 Å². The van der Waals surface area contributed by atoms with Crippen molar-refractivity contribution in [2.24, 2.45) is 5.92 Å². The zero-order valence-corrected chi connectivity index (χ0v) is 13.1. The average molecular weight is 315 g/mol. The van der Waals surface area contributed by atoms with Crippen LogP contribution in [0.4, 0.5) is 0 Å². The second kappa shape index (κ2) is 7.77. The van der Waals surface area contributed by atoms with E-state index in [4.69, 9.17) is 14.2 Å². The number of benzene rings is 1. The predicted molar refractivity (Wildman–Crippen MR) is 85.4 cm³/mol. The lowest BCUT2D eigenvalue weighted by Crippen LogP contribution is -2.25. The smallest absolute Gasteiger partial charge is 0.231 e. The summed E-state index contributed by atoms with van der Waals surface area (Å²) in [6.07, 6.45) is 5.52. The van der Waals surface area contributed by atoms with E-state index < -0.39 is 0 Å². The molecular formula is C18H21NO4. The van der Waals surface area contributed by atoms with Gasteiger partial charge in [-0.2, -0.15) is 0 Å². The van der Waals surface area contributed by atoms with Gasteiger partial charge in [0.05, 0.1) is 6.54 Å². The van der Waals surface area contributed by atoms with Crippen LogP contribution in [0.15, 0.2) is 18.2 Å². The third-order valence-corrected chi connectivity index (χ3v) is 4.10. The maximum Gasteiger partial charge on any atom is 0.231 e. The van der Waals surface area contributed by atoms with Crippen LogP contribution < -0.4 is 19.5 Å². The third kappa shape index (κ3) is 4.56. The van der Waals surface area contributed by atoms with Crippen LogP contribution in [0.5, 0.6) is 17.2 Å². The Kier molecular flexibility index (Phi) is 5.25. The molecule has 0 bridgehead atoms. The third-order valence-electron chi connectivity index (χ3n) is 4.10. The molecule has 1 heterocycles. The van der Waals surface area contributed by atoms with E-state index in [1.54, 1.807) is 6.07 Å². The molecule has 3 rings (SSSR count). The fourth-order valence-electron chi connectivity index (χ4n) is 2.89. The van der Waals surface area contributed by atoms with Gasteiger partial charge < -0.3 is 19.5 Å². The first-order valence-electron chi connectivity index (χ1n) is 8.06. The maximum absolute atomic E-state index is 11.7. The second-order valence-corrected chi connectivity index (χ2v) is 5.79. The van der Waals surface area contributed by atoms with Crippen molar-refractivity contribution in [1.29, 1.82) is 0 Å². The minimum absolute atomic E-state index is 0.0999. The summed E-state index contributed by atoms with van der Waals surface area (Å²) in [7, 11) is 0. The summed E-state index contributed by atoms with van der Waals surface area (Å²) in [5, 5.41) is 2.84. The van der Waals surface area contributed by atoms with Gasteiger partial charge in [0.25, 0.3) is 0 Å². The normalized spacial score (nSPS) is 15.8. The summed E-state index contributed by atoms with van der Waals surface area (Å²) in [5.74, 6) is 8.57. The SMILES string of the molecule is O=C(CC1CCCC1)NCC#CCOc1ccc2c(c1)OCO2. The van der Waals surface area contributed by atoms with Crippen molar-refractivity contribution in [2.75, 3.05) is 19.9 Å². The fourth-order valence-corrected chi connectivity index (χ4v) is 2.89. The number of hydrogen-bond acceptors (Lipinski definition) is 4. The number of carbonyl (C=O) groups excluding carboxylic acids is 1. The molecule has 1 aliphatic carbocycles. The molecule has 1 saturated carbocycles. The molecule has 23 heavy (non-hydrogen) atoms. The van der Waals surface area contributed by atoms with E-state index in [1.165, 1.54) is 25.7 Å². The average Bonchev–Trinajstić information content (AvgIpc) is 3.21. The quantitative estimate of drug-likeness (QED) is 0.848. The largest absolute Gasteiger partial charge is 0.481 e. The highest BCUT2D eigenvalue weighted by molar-refractivity contribution is 5.76. The molecule has 0 spiro atoms. The molecule has 0 radical (unpaired) electrons. The van der Waals surface area contributed by atoms with E-state index >= 15 is 0 Å². The Hall–Kier alpha value is -2.35. The highest BCUT2D eigenvalue weighted by Gasteiger charge is 2.17. The number of amides is 1. The Morgan fingerprint density at radius 2 is 2.04 bits per heavy atom. The summed E-state index contributed by atoms with van der Waals surface area (Å²) in [4.78, 5) is 11.7. The van der Waals surface area contributed by atoms with Crippen molar-refractivity contribution >= 4 is 5.91 Å². The van der Waals surface area contributed by atoms with E-state index in [0.29, 0.717) is 30.4 Å². The van der Waals surface area contributed by atoms with Gasteiger partial charge in [0.15, 0.2) is 11.5 Å². The summed E-state index contributed by atoms with van der Waals surface area (Å²) in [5.41, 5.74) is 0. The number of rotatable bonds is 5. The van der Waals surface area contributed by atoms with E-state index in [-0.39, 0.29) is 19.3 Å². The van der Waals surface area contributed by atoms with Gasteiger partial charge in [-0.3, -0.25) is 4.79 Å². The van der Waals surface area contributed by atoms with E-state index in [1.807, 2.05) is 12.1 Å². The minimum atomic E-state index is 0.0999. The molecular weight excluding hydrogens is 294 g/mol. The monoisotopic (exact) mass is 315 g/mol. The molecule has 0 aromatic heterocycles. The Bertz CT molecular complexity index is 611. The van der Waals surface area contributed by atoms with Crippen LogP contribution in [0, 0.1) is 17.8 Å². The summed E-state index contributed by atoms with van der Waals surface area (Å²) in [6.45, 7) is 0.896. The maximum atomic E-state index is 11.7. The number of ether oxygens (including phenoxy) is 3. The van der Waals surface area contributed by atoms with Gasteiger partial charge in [0.1, 0.15) is 12.4 Å². The number of nitrogens with one attached hydrogen (secondary N) is 1. The van der Waals surface area contributed by atoms with Crippen molar-refractivity contribution in [2.45, 2.75) is 32.1 Å². The molecule has 1 amide bonds. The Morgan fingerprint density at radius 1 is 1.22 bits per heavy atom. The highest BCUT2D eigenvalue weighted by atomic mass is 16.7. The van der Waals surface area contributed by atoms with Gasteiger partial charge in [0.2, 0.25) is 12.7 Å². The Balaban J connectivity index is 1.33. The molecule has 1 aliphatic heterocycles. The van der Waals surface area contributed by atoms with Crippen LogP contribution in [-0.4, -0.2) is 25.9 Å². The Morgan fingerprint density at radius 3 is 2.91 bits per heavy atom. The molecule has 1 aromatic carbocycles. The first-order valence-corrected chi connectivity index (χ1v) is 8.06. The molecule has 0 unspecified atom stereocenters. The lowest BCUT2D eigenvalue weighted by Gasteiger charge is -2.07. The predicted octanol–water partition coefficient (Wildman–Crippen LogP) is 2.49. The molecule has 5 nitrogen and oxygen atoms in total. The molecule has 2 aliphatic rings. The fraction of sp³-hybridized carbons (Fsp3) is 0.500. The van der Waals surface area contributed by atoms with Crippen molar-refractivity contribution in [1.82, 2.24) is 5.32 Å². The van der Waals surface area contributed by atoms with Crippen LogP contribution in [0.1, 0.15) is 32.1 Å². The lowest BCUT2D eigenvalue weighted by atomic mass is 10.0. The van der Waals surface area contributed by atoms with Crippen LogP contribution >= 0.6 is 0 Å². The van der Waals surface area contributed by atoms with E-state index in [2.05, 4.69) is 17.2 Å². The van der Waals surface area contributed by atoms with Crippen LogP contribution in [0.25, 0.3) is 0 Å². The van der Waals surface area contributed by atoms with Crippen molar-refractivity contribution in [3.8, 4) is 29.1 Å². The van der Waals surface area contributed by atoms with Gasteiger partial charge >= 0.3 is 0 Å². The van der Waals surface area contributed by atoms with Gasteiger partial charge in [-0.15, -0.1) is 0 Å². The first kappa shape index (κ1) is 15.5. The van der Waals surface area contributed by atoms with Gasteiger partial charge in [-0.25, -0.2) is 0 Å². The lowest BCUT2D eigenvalue weighted by molar-refractivity contribution is -0.121. The zero-order chi connectivity index (χ0) is 15.9. The minimum Gasteiger partial charge on any atom is -0.481 e. The van der Waals surface area contributed by atoms with Gasteiger partial charge in [0, 0.05) is 12.5 Å². The topological polar surface area (TPSA) is 56.8 Å². The summed E-state index contributed by atoms with van der Waals surface area (Å²) < 4.78 is 16.0. The van der Waals surface area contributed by atoms with E-state index in [9.17, 15) is 4.79 Å². The van der Waals surface area contributed by atoms with Gasteiger partial charge in [-0.05, 0) is 30.9 Å². The van der Waals surface area contributed by atoms with Crippen LogP contribution in [-0.2, 0) is 4.79 Å². The van der Waals surface area contributed by atoms with Gasteiger partial charge in [-0.1, -0.05) is 24.7 Å². The molecule has 5 heteroatoms. The van der Waals surface area contributed by atoms with Crippen molar-refractivity contribution in [3.63, 3.8) is 0 Å². The molecule has 1 fully saturated rings. The molecule has 1 aromatic rings. The number of carbonyl (C=O) groups is 1. The summed E-state index contributed by atoms with van der Waals surface area (Å²) >= 11 is 0. The first-order chi connectivity index (χ1) is 11.3. The number of fused-ring (bicyclic) bond motifs is 1.